The average molecular weight is 266 g/mol. The van der Waals surface area contributed by atoms with Crippen LogP contribution in [-0.4, -0.2) is 30.0 Å². The molecule has 0 saturated carbocycles. The minimum absolute atomic E-state index is 0.0967. The Morgan fingerprint density at radius 1 is 1.50 bits per heavy atom. The van der Waals surface area contributed by atoms with E-state index in [1.807, 2.05) is 5.37 Å². The van der Waals surface area contributed by atoms with E-state index in [0.29, 0.717) is 19.8 Å². The molecule has 0 spiro atoms. The highest BCUT2D eigenvalue weighted by Crippen LogP contribution is 2.10. The van der Waals surface area contributed by atoms with Crippen LogP contribution in [0.5, 0.6) is 0 Å². The Hall–Kier alpha value is -1.68. The number of ether oxygens (including phenoxy) is 1. The third-order valence-corrected chi connectivity index (χ3v) is 2.79. The van der Waals surface area contributed by atoms with Crippen LogP contribution in [0.25, 0.3) is 0 Å². The molecule has 0 saturated heterocycles. The van der Waals surface area contributed by atoms with E-state index in [1.165, 1.54) is 12.1 Å². The van der Waals surface area contributed by atoms with Gasteiger partial charge in [0, 0.05) is 18.7 Å². The summed E-state index contributed by atoms with van der Waals surface area (Å²) in [5, 5.41) is 12.4. The summed E-state index contributed by atoms with van der Waals surface area (Å²) in [6, 6.07) is 6.39. The number of rotatable bonds is 7. The number of nitrogens with zero attached hydrogens (tertiary/aromatic N) is 1. The summed E-state index contributed by atoms with van der Waals surface area (Å²) in [6.45, 7) is 1.59. The Labute approximate surface area is 109 Å². The van der Waals surface area contributed by atoms with E-state index >= 15 is 0 Å². The molecule has 1 N–H and O–H groups in total. The van der Waals surface area contributed by atoms with Crippen molar-refractivity contribution >= 4 is 22.6 Å². The molecule has 0 aliphatic heterocycles. The SMILES string of the molecule is C#CCOCCN[SH]=Cc1ccc([N+](=O)[O-])cc1. The molecule has 0 heterocycles. The lowest BCUT2D eigenvalue weighted by Crippen LogP contribution is -2.11. The van der Waals surface area contributed by atoms with Crippen molar-refractivity contribution in [1.29, 1.82) is 0 Å². The Morgan fingerprint density at radius 3 is 2.83 bits per heavy atom. The van der Waals surface area contributed by atoms with Gasteiger partial charge in [0.25, 0.3) is 5.69 Å². The van der Waals surface area contributed by atoms with Crippen LogP contribution in [0.3, 0.4) is 0 Å². The molecular formula is C12H14N2O3S. The van der Waals surface area contributed by atoms with Crippen molar-refractivity contribution in [1.82, 2.24) is 4.72 Å². The zero-order chi connectivity index (χ0) is 13.2. The Kier molecular flexibility index (Phi) is 6.72. The van der Waals surface area contributed by atoms with Crippen LogP contribution in [0.2, 0.25) is 0 Å². The molecule has 0 amide bonds. The summed E-state index contributed by atoms with van der Waals surface area (Å²) in [5.41, 5.74) is 1.03. The van der Waals surface area contributed by atoms with Gasteiger partial charge in [-0.3, -0.25) is 14.8 Å². The smallest absolute Gasteiger partial charge is 0.269 e. The second-order valence-corrected chi connectivity index (χ2v) is 4.10. The first kappa shape index (κ1) is 14.4. The van der Waals surface area contributed by atoms with E-state index in [9.17, 15) is 10.1 Å². The highest BCUT2D eigenvalue weighted by molar-refractivity contribution is 7.96. The maximum Gasteiger partial charge on any atom is 0.269 e. The topological polar surface area (TPSA) is 64.4 Å². The molecule has 1 aromatic carbocycles. The summed E-state index contributed by atoms with van der Waals surface area (Å²) < 4.78 is 8.20. The maximum atomic E-state index is 10.5. The van der Waals surface area contributed by atoms with Crippen molar-refractivity contribution in [2.75, 3.05) is 19.8 Å². The van der Waals surface area contributed by atoms with Gasteiger partial charge in [-0.05, 0) is 23.1 Å². The molecule has 1 rings (SSSR count). The second-order valence-electron chi connectivity index (χ2n) is 3.27. The maximum absolute atomic E-state index is 10.5. The largest absolute Gasteiger partial charge is 0.367 e. The standard InChI is InChI=1S/C12H14N2O3S/c1-2-8-17-9-7-13-18-10-11-3-5-12(6-4-11)14(15)16/h1,3-6,10,13,18H,7-9H2. The molecule has 0 aliphatic rings. The summed E-state index contributed by atoms with van der Waals surface area (Å²) in [6.07, 6.45) is 5.03. The number of non-ortho nitro benzene ring substituents is 1. The van der Waals surface area contributed by atoms with Crippen molar-refractivity contribution in [2.24, 2.45) is 0 Å². The van der Waals surface area contributed by atoms with Gasteiger partial charge in [0.1, 0.15) is 6.61 Å². The van der Waals surface area contributed by atoms with Crippen molar-refractivity contribution in [3.05, 3.63) is 39.9 Å². The predicted molar refractivity (Wildman–Crippen MR) is 74.9 cm³/mol. The van der Waals surface area contributed by atoms with Gasteiger partial charge in [-0.25, -0.2) is 0 Å². The van der Waals surface area contributed by atoms with Gasteiger partial charge in [-0.2, -0.15) is 0 Å². The van der Waals surface area contributed by atoms with E-state index in [2.05, 4.69) is 10.6 Å². The molecule has 5 nitrogen and oxygen atoms in total. The number of nitro benzene ring substituents is 1. The van der Waals surface area contributed by atoms with Crippen molar-refractivity contribution in [3.8, 4) is 12.3 Å². The van der Waals surface area contributed by atoms with E-state index in [-0.39, 0.29) is 5.69 Å². The third kappa shape index (κ3) is 5.59. The van der Waals surface area contributed by atoms with Crippen molar-refractivity contribution < 1.29 is 9.66 Å². The fraction of sp³-hybridized carbons (Fsp3) is 0.250. The normalized spacial score (nSPS) is 10.8. The van der Waals surface area contributed by atoms with Crippen LogP contribution in [0, 0.1) is 22.5 Å². The highest BCUT2D eigenvalue weighted by Gasteiger charge is 2.01. The molecule has 1 aromatic rings. The van der Waals surface area contributed by atoms with Gasteiger partial charge in [0.2, 0.25) is 0 Å². The van der Waals surface area contributed by atoms with Crippen LogP contribution >= 0.6 is 11.5 Å². The number of nitro groups is 1. The molecule has 6 heteroatoms. The van der Waals surface area contributed by atoms with Crippen LogP contribution in [0.1, 0.15) is 5.56 Å². The highest BCUT2D eigenvalue weighted by atomic mass is 32.1. The number of benzene rings is 1. The lowest BCUT2D eigenvalue weighted by molar-refractivity contribution is -0.384. The van der Waals surface area contributed by atoms with Crippen molar-refractivity contribution in [3.63, 3.8) is 0 Å². The lowest BCUT2D eigenvalue weighted by atomic mass is 10.2. The van der Waals surface area contributed by atoms with Gasteiger partial charge in [-0.1, -0.05) is 5.92 Å². The molecule has 0 fully saturated rings. The van der Waals surface area contributed by atoms with E-state index in [4.69, 9.17) is 11.2 Å². The summed E-state index contributed by atoms with van der Waals surface area (Å²) >= 11 is 0.919. The molecule has 0 aliphatic carbocycles. The molecular weight excluding hydrogens is 252 g/mol. The number of terminal acetylenes is 1. The second kappa shape index (κ2) is 8.42. The molecule has 0 unspecified atom stereocenters. The zero-order valence-corrected chi connectivity index (χ0v) is 10.6. The van der Waals surface area contributed by atoms with Gasteiger partial charge in [0.05, 0.1) is 11.5 Å². The molecule has 0 aromatic heterocycles. The Morgan fingerprint density at radius 2 is 2.22 bits per heavy atom. The molecule has 18 heavy (non-hydrogen) atoms. The van der Waals surface area contributed by atoms with Gasteiger partial charge in [0.15, 0.2) is 0 Å². The first-order valence-electron chi connectivity index (χ1n) is 5.25. The minimum atomic E-state index is -0.414. The number of thiol groups is 1. The van der Waals surface area contributed by atoms with Gasteiger partial charge < -0.3 is 4.74 Å². The van der Waals surface area contributed by atoms with Crippen LogP contribution in [0.4, 0.5) is 5.69 Å². The summed E-state index contributed by atoms with van der Waals surface area (Å²) in [4.78, 5) is 10.0. The van der Waals surface area contributed by atoms with E-state index in [0.717, 1.165) is 17.1 Å². The van der Waals surface area contributed by atoms with Crippen LogP contribution < -0.4 is 4.72 Å². The van der Waals surface area contributed by atoms with E-state index in [1.54, 1.807) is 12.1 Å². The first-order chi connectivity index (χ1) is 8.74. The minimum Gasteiger partial charge on any atom is -0.367 e. The third-order valence-electron chi connectivity index (χ3n) is 1.95. The molecule has 0 atom stereocenters. The Balaban J connectivity index is 2.30. The fourth-order valence-corrected chi connectivity index (χ4v) is 1.75. The number of nitrogens with one attached hydrogen (secondary N) is 1. The molecule has 96 valence electrons. The van der Waals surface area contributed by atoms with Gasteiger partial charge >= 0.3 is 0 Å². The number of hydrogen-bond donors (Lipinski definition) is 2. The molecule has 0 radical (unpaired) electrons. The summed E-state index contributed by atoms with van der Waals surface area (Å²) in [7, 11) is 0. The van der Waals surface area contributed by atoms with Gasteiger partial charge in [-0.15, -0.1) is 18.0 Å². The Bertz CT molecular complexity index is 451. The van der Waals surface area contributed by atoms with Crippen LogP contribution in [-0.2, 0) is 4.74 Å². The van der Waals surface area contributed by atoms with E-state index < -0.39 is 4.92 Å². The monoisotopic (exact) mass is 266 g/mol. The summed E-state index contributed by atoms with van der Waals surface area (Å²) in [5.74, 6) is 2.38. The number of hydrogen-bond acceptors (Lipinski definition) is 4. The zero-order valence-electron chi connectivity index (χ0n) is 9.70. The predicted octanol–water partition coefficient (Wildman–Crippen LogP) is 1.36. The average Bonchev–Trinajstić information content (AvgIpc) is 2.38. The molecule has 0 bridgehead atoms. The first-order valence-corrected chi connectivity index (χ1v) is 6.22. The van der Waals surface area contributed by atoms with Crippen LogP contribution in [0.15, 0.2) is 24.3 Å². The lowest BCUT2D eigenvalue weighted by Gasteiger charge is -1.99. The van der Waals surface area contributed by atoms with Crippen molar-refractivity contribution in [2.45, 2.75) is 0 Å². The quantitative estimate of drug-likeness (QED) is 0.195. The fourth-order valence-electron chi connectivity index (χ4n) is 1.12.